The quantitative estimate of drug-likeness (QED) is 0.543. The summed E-state index contributed by atoms with van der Waals surface area (Å²) in [5.74, 6) is 0.573. The lowest BCUT2D eigenvalue weighted by molar-refractivity contribution is -0.131. The normalized spacial score (nSPS) is 17.4. The molecule has 1 heterocycles. The zero-order chi connectivity index (χ0) is 12.7. The fraction of sp³-hybridized carbons (Fsp3) is 0.643. The molecule has 0 N–H and O–H groups in total. The molecule has 0 atom stereocenters. The summed E-state index contributed by atoms with van der Waals surface area (Å²) >= 11 is 0. The van der Waals surface area contributed by atoms with Crippen molar-refractivity contribution in [1.82, 2.24) is 4.90 Å². The van der Waals surface area contributed by atoms with Gasteiger partial charge in [0.15, 0.2) is 0 Å². The van der Waals surface area contributed by atoms with Crippen LogP contribution in [0, 0.1) is 5.92 Å². The minimum Gasteiger partial charge on any atom is -0.378 e. The van der Waals surface area contributed by atoms with Crippen LogP contribution in [0.2, 0.25) is 0 Å². The second-order valence-electron chi connectivity index (χ2n) is 4.67. The van der Waals surface area contributed by atoms with Crippen LogP contribution in [0.4, 0.5) is 0 Å². The Morgan fingerprint density at radius 2 is 2.06 bits per heavy atom. The van der Waals surface area contributed by atoms with Crippen LogP contribution in [0.15, 0.2) is 24.3 Å². The maximum atomic E-state index is 12.3. The minimum absolute atomic E-state index is 0.170. The molecule has 1 amide bonds. The molecule has 0 radical (unpaired) electrons. The largest absolute Gasteiger partial charge is 0.378 e. The summed E-state index contributed by atoms with van der Waals surface area (Å²) in [6, 6.07) is 0. The van der Waals surface area contributed by atoms with Gasteiger partial charge in [-0.05, 0) is 18.8 Å². The summed E-state index contributed by atoms with van der Waals surface area (Å²) in [5.41, 5.74) is 0.918. The van der Waals surface area contributed by atoms with Crippen LogP contribution in [0.1, 0.15) is 26.7 Å². The second kappa shape index (κ2) is 7.28. The van der Waals surface area contributed by atoms with E-state index in [-0.39, 0.29) is 5.91 Å². The number of hydrogen-bond donors (Lipinski definition) is 0. The van der Waals surface area contributed by atoms with E-state index in [4.69, 9.17) is 4.74 Å². The fourth-order valence-corrected chi connectivity index (χ4v) is 1.89. The van der Waals surface area contributed by atoms with Gasteiger partial charge < -0.3 is 9.64 Å². The van der Waals surface area contributed by atoms with E-state index in [0.717, 1.165) is 18.4 Å². The topological polar surface area (TPSA) is 29.5 Å². The van der Waals surface area contributed by atoms with Gasteiger partial charge in [-0.15, -0.1) is 6.58 Å². The van der Waals surface area contributed by atoms with Crippen molar-refractivity contribution < 1.29 is 9.53 Å². The molecular weight excluding hydrogens is 214 g/mol. The Morgan fingerprint density at radius 3 is 2.59 bits per heavy atom. The monoisotopic (exact) mass is 237 g/mol. The van der Waals surface area contributed by atoms with E-state index in [9.17, 15) is 4.79 Å². The van der Waals surface area contributed by atoms with Gasteiger partial charge in [-0.2, -0.15) is 0 Å². The number of carbonyl (C=O) groups is 1. The van der Waals surface area contributed by atoms with Crippen molar-refractivity contribution in [3.05, 3.63) is 24.3 Å². The molecule has 0 aromatic rings. The Bertz CT molecular complexity index is 289. The molecule has 0 aliphatic carbocycles. The van der Waals surface area contributed by atoms with Crippen LogP contribution in [0.3, 0.4) is 0 Å². The number of nitrogens with zero attached hydrogens (tertiary/aromatic N) is 1. The number of hydrogen-bond acceptors (Lipinski definition) is 2. The molecule has 1 rings (SSSR count). The highest BCUT2D eigenvalue weighted by atomic mass is 16.5. The van der Waals surface area contributed by atoms with Gasteiger partial charge in [0.05, 0.1) is 13.2 Å². The van der Waals surface area contributed by atoms with Crippen LogP contribution < -0.4 is 0 Å². The number of allylic oxidation sites excluding steroid dienone is 2. The SMILES string of the molecule is C=CCC/C(=C\C(C)C)C(=O)N1CCOCC1. The van der Waals surface area contributed by atoms with E-state index in [0.29, 0.717) is 32.2 Å². The van der Waals surface area contributed by atoms with Gasteiger partial charge in [-0.25, -0.2) is 0 Å². The molecule has 1 saturated heterocycles. The van der Waals surface area contributed by atoms with Crippen molar-refractivity contribution in [2.75, 3.05) is 26.3 Å². The first-order valence-corrected chi connectivity index (χ1v) is 6.33. The van der Waals surface area contributed by atoms with Crippen LogP contribution in [-0.2, 0) is 9.53 Å². The Balaban J connectivity index is 2.67. The first-order chi connectivity index (χ1) is 8.15. The van der Waals surface area contributed by atoms with Gasteiger partial charge in [0.1, 0.15) is 0 Å². The number of morpholine rings is 1. The Kier molecular flexibility index (Phi) is 5.98. The predicted octanol–water partition coefficient (Wildman–Crippen LogP) is 2.39. The average Bonchev–Trinajstić information content (AvgIpc) is 2.34. The molecule has 1 fully saturated rings. The van der Waals surface area contributed by atoms with Crippen molar-refractivity contribution in [2.45, 2.75) is 26.7 Å². The van der Waals surface area contributed by atoms with Gasteiger partial charge in [0.25, 0.3) is 0 Å². The molecule has 3 nitrogen and oxygen atoms in total. The Hall–Kier alpha value is -1.09. The Morgan fingerprint density at radius 1 is 1.41 bits per heavy atom. The molecule has 0 saturated carbocycles. The van der Waals surface area contributed by atoms with E-state index in [1.165, 1.54) is 0 Å². The van der Waals surface area contributed by atoms with Gasteiger partial charge in [0, 0.05) is 18.7 Å². The third-order valence-corrected chi connectivity index (χ3v) is 2.73. The summed E-state index contributed by atoms with van der Waals surface area (Å²) in [6.07, 6.45) is 5.58. The zero-order valence-electron chi connectivity index (χ0n) is 10.9. The summed E-state index contributed by atoms with van der Waals surface area (Å²) < 4.78 is 5.26. The third-order valence-electron chi connectivity index (χ3n) is 2.73. The lowest BCUT2D eigenvalue weighted by Crippen LogP contribution is -2.41. The third kappa shape index (κ3) is 4.73. The molecule has 0 aromatic carbocycles. The van der Waals surface area contributed by atoms with E-state index in [2.05, 4.69) is 26.5 Å². The van der Waals surface area contributed by atoms with E-state index >= 15 is 0 Å². The first-order valence-electron chi connectivity index (χ1n) is 6.33. The molecule has 0 unspecified atom stereocenters. The van der Waals surface area contributed by atoms with Crippen molar-refractivity contribution in [2.24, 2.45) is 5.92 Å². The molecule has 0 bridgehead atoms. The van der Waals surface area contributed by atoms with Gasteiger partial charge in [-0.1, -0.05) is 26.0 Å². The van der Waals surface area contributed by atoms with Crippen LogP contribution >= 0.6 is 0 Å². The fourth-order valence-electron chi connectivity index (χ4n) is 1.89. The van der Waals surface area contributed by atoms with Gasteiger partial charge in [-0.3, -0.25) is 4.79 Å². The molecule has 96 valence electrons. The number of carbonyl (C=O) groups excluding carboxylic acids is 1. The van der Waals surface area contributed by atoms with Crippen LogP contribution in [-0.4, -0.2) is 37.1 Å². The van der Waals surface area contributed by atoms with E-state index in [1.54, 1.807) is 0 Å². The molecule has 1 aliphatic heterocycles. The van der Waals surface area contributed by atoms with Gasteiger partial charge in [0.2, 0.25) is 5.91 Å². The highest BCUT2D eigenvalue weighted by Gasteiger charge is 2.20. The highest BCUT2D eigenvalue weighted by Crippen LogP contribution is 2.14. The highest BCUT2D eigenvalue weighted by molar-refractivity contribution is 5.93. The first kappa shape index (κ1) is 14.0. The van der Waals surface area contributed by atoms with E-state index < -0.39 is 0 Å². The maximum Gasteiger partial charge on any atom is 0.249 e. The maximum absolute atomic E-state index is 12.3. The van der Waals surface area contributed by atoms with Crippen LogP contribution in [0.5, 0.6) is 0 Å². The summed E-state index contributed by atoms with van der Waals surface area (Å²) in [4.78, 5) is 14.2. The Labute approximate surface area is 104 Å². The molecule has 3 heteroatoms. The van der Waals surface area contributed by atoms with Crippen molar-refractivity contribution >= 4 is 5.91 Å². The second-order valence-corrected chi connectivity index (χ2v) is 4.67. The molecule has 17 heavy (non-hydrogen) atoms. The van der Waals surface area contributed by atoms with E-state index in [1.807, 2.05) is 11.0 Å². The lowest BCUT2D eigenvalue weighted by atomic mass is 10.0. The number of rotatable bonds is 5. The van der Waals surface area contributed by atoms with Crippen molar-refractivity contribution in [1.29, 1.82) is 0 Å². The molecular formula is C14H23NO2. The molecule has 0 spiro atoms. The van der Waals surface area contributed by atoms with Gasteiger partial charge >= 0.3 is 0 Å². The van der Waals surface area contributed by atoms with Crippen molar-refractivity contribution in [3.63, 3.8) is 0 Å². The summed E-state index contributed by atoms with van der Waals surface area (Å²) in [7, 11) is 0. The molecule has 1 aliphatic rings. The average molecular weight is 237 g/mol. The minimum atomic E-state index is 0.170. The summed E-state index contributed by atoms with van der Waals surface area (Å²) in [6.45, 7) is 10.6. The molecule has 0 aromatic heterocycles. The standard InChI is InChI=1S/C14H23NO2/c1-4-5-6-13(11-12(2)3)14(16)15-7-9-17-10-8-15/h4,11-12H,1,5-10H2,2-3H3/b13-11+. The van der Waals surface area contributed by atoms with Crippen LogP contribution in [0.25, 0.3) is 0 Å². The number of amides is 1. The summed E-state index contributed by atoms with van der Waals surface area (Å²) in [5, 5.41) is 0. The lowest BCUT2D eigenvalue weighted by Gasteiger charge is -2.28. The van der Waals surface area contributed by atoms with Crippen molar-refractivity contribution in [3.8, 4) is 0 Å². The number of ether oxygens (including phenoxy) is 1. The smallest absolute Gasteiger partial charge is 0.249 e. The zero-order valence-corrected chi connectivity index (χ0v) is 10.9. The predicted molar refractivity (Wildman–Crippen MR) is 69.8 cm³/mol.